The van der Waals surface area contributed by atoms with E-state index in [9.17, 15) is 26.7 Å². The van der Waals surface area contributed by atoms with Gasteiger partial charge in [0.05, 0.1) is 17.4 Å². The van der Waals surface area contributed by atoms with E-state index in [-0.39, 0.29) is 31.0 Å². The fourth-order valence-electron chi connectivity index (χ4n) is 2.83. The molecule has 1 heterocycles. The third-order valence-electron chi connectivity index (χ3n) is 4.18. The molecule has 5 nitrogen and oxygen atoms in total. The van der Waals surface area contributed by atoms with Gasteiger partial charge in [-0.1, -0.05) is 18.2 Å². The van der Waals surface area contributed by atoms with Crippen molar-refractivity contribution in [3.05, 3.63) is 35.4 Å². The van der Waals surface area contributed by atoms with Crippen molar-refractivity contribution in [3.8, 4) is 0 Å². The molecule has 1 aliphatic rings. The lowest BCUT2D eigenvalue weighted by molar-refractivity contribution is -0.138. The van der Waals surface area contributed by atoms with Crippen LogP contribution in [0.15, 0.2) is 24.3 Å². The van der Waals surface area contributed by atoms with Gasteiger partial charge in [-0.25, -0.2) is 12.7 Å². The summed E-state index contributed by atoms with van der Waals surface area (Å²) < 4.78 is 64.0. The highest BCUT2D eigenvalue weighted by molar-refractivity contribution is 7.89. The van der Waals surface area contributed by atoms with Gasteiger partial charge in [0.25, 0.3) is 0 Å². The van der Waals surface area contributed by atoms with E-state index in [0.29, 0.717) is 0 Å². The number of sulfonamides is 1. The first-order valence-corrected chi connectivity index (χ1v) is 9.07. The minimum Gasteiger partial charge on any atom is -0.391 e. The first-order chi connectivity index (χ1) is 11.0. The van der Waals surface area contributed by atoms with Gasteiger partial charge in [-0.3, -0.25) is 4.90 Å². The van der Waals surface area contributed by atoms with Crippen molar-refractivity contribution in [1.29, 1.82) is 0 Å². The second-order valence-electron chi connectivity index (χ2n) is 6.24. The first kappa shape index (κ1) is 19.2. The number of alkyl halides is 3. The summed E-state index contributed by atoms with van der Waals surface area (Å²) in [5.74, 6) is -0.742. The molecule has 2 rings (SSSR count). The minimum absolute atomic E-state index is 0.0191. The quantitative estimate of drug-likeness (QED) is 0.856. The predicted octanol–water partition coefficient (Wildman–Crippen LogP) is 1.39. The highest BCUT2D eigenvalue weighted by Crippen LogP contribution is 2.33. The van der Waals surface area contributed by atoms with E-state index in [2.05, 4.69) is 0 Å². The molecule has 0 saturated carbocycles. The van der Waals surface area contributed by atoms with Crippen LogP contribution in [0.3, 0.4) is 0 Å². The van der Waals surface area contributed by atoms with E-state index in [0.717, 1.165) is 10.4 Å². The Morgan fingerprint density at radius 3 is 2.46 bits per heavy atom. The maximum absolute atomic E-state index is 13.0. The standard InChI is InChI=1S/C15H21F3N2O3S/c1-19(2)24(22,23)10-12-8-20(9-14(12)21)7-11-5-3-4-6-13(11)15(16,17)18/h3-6,12,14,21H,7-10H2,1-2H3/t12-,14+/m0/s1. The topological polar surface area (TPSA) is 60.9 Å². The fraction of sp³-hybridized carbons (Fsp3) is 0.600. The van der Waals surface area contributed by atoms with E-state index in [4.69, 9.17) is 0 Å². The molecule has 0 amide bonds. The molecular formula is C15H21F3N2O3S. The Balaban J connectivity index is 2.09. The van der Waals surface area contributed by atoms with Crippen molar-refractivity contribution in [3.63, 3.8) is 0 Å². The van der Waals surface area contributed by atoms with Gasteiger partial charge in [0.15, 0.2) is 0 Å². The molecule has 1 aromatic rings. The number of aliphatic hydroxyl groups is 1. The Morgan fingerprint density at radius 1 is 1.25 bits per heavy atom. The van der Waals surface area contributed by atoms with Gasteiger partial charge >= 0.3 is 6.18 Å². The van der Waals surface area contributed by atoms with Crippen LogP contribution in [0.5, 0.6) is 0 Å². The van der Waals surface area contributed by atoms with Gasteiger partial charge < -0.3 is 5.11 Å². The van der Waals surface area contributed by atoms with Crippen LogP contribution in [0, 0.1) is 5.92 Å². The molecule has 1 fully saturated rings. The summed E-state index contributed by atoms with van der Waals surface area (Å²) in [7, 11) is -0.654. The van der Waals surface area contributed by atoms with Crippen molar-refractivity contribution < 1.29 is 26.7 Å². The van der Waals surface area contributed by atoms with E-state index < -0.39 is 33.8 Å². The molecule has 1 aromatic carbocycles. The zero-order valence-corrected chi connectivity index (χ0v) is 14.3. The lowest BCUT2D eigenvalue weighted by atomic mass is 10.1. The highest BCUT2D eigenvalue weighted by atomic mass is 32.2. The van der Waals surface area contributed by atoms with Gasteiger partial charge in [-0.15, -0.1) is 0 Å². The number of benzene rings is 1. The Hall–Kier alpha value is -1.16. The zero-order chi connectivity index (χ0) is 18.1. The van der Waals surface area contributed by atoms with Crippen LogP contribution in [0.2, 0.25) is 0 Å². The molecular weight excluding hydrogens is 345 g/mol. The van der Waals surface area contributed by atoms with Crippen molar-refractivity contribution in [1.82, 2.24) is 9.21 Å². The van der Waals surface area contributed by atoms with E-state index in [1.54, 1.807) is 4.90 Å². The molecule has 2 atom stereocenters. The monoisotopic (exact) mass is 366 g/mol. The van der Waals surface area contributed by atoms with Crippen molar-refractivity contribution in [2.24, 2.45) is 5.92 Å². The number of aliphatic hydroxyl groups excluding tert-OH is 1. The van der Waals surface area contributed by atoms with Gasteiger partial charge in [0.2, 0.25) is 10.0 Å². The van der Waals surface area contributed by atoms with Crippen LogP contribution in [0.1, 0.15) is 11.1 Å². The number of hydrogen-bond acceptors (Lipinski definition) is 4. The molecule has 0 unspecified atom stereocenters. The van der Waals surface area contributed by atoms with Crippen LogP contribution in [-0.4, -0.2) is 61.8 Å². The minimum atomic E-state index is -4.44. The van der Waals surface area contributed by atoms with Gasteiger partial charge in [-0.05, 0) is 11.6 Å². The molecule has 1 aliphatic heterocycles. The second kappa shape index (κ2) is 6.99. The smallest absolute Gasteiger partial charge is 0.391 e. The molecule has 0 radical (unpaired) electrons. The summed E-state index contributed by atoms with van der Waals surface area (Å²) in [5, 5.41) is 10.1. The second-order valence-corrected chi connectivity index (χ2v) is 8.46. The third-order valence-corrected chi connectivity index (χ3v) is 6.14. The Kier molecular flexibility index (Phi) is 5.58. The van der Waals surface area contributed by atoms with Gasteiger partial charge in [-0.2, -0.15) is 13.2 Å². The summed E-state index contributed by atoms with van der Waals surface area (Å²) in [4.78, 5) is 1.66. The molecule has 0 bridgehead atoms. The average molecular weight is 366 g/mol. The van der Waals surface area contributed by atoms with Gasteiger partial charge in [0.1, 0.15) is 0 Å². The number of rotatable bonds is 5. The highest BCUT2D eigenvalue weighted by Gasteiger charge is 2.37. The van der Waals surface area contributed by atoms with Crippen LogP contribution < -0.4 is 0 Å². The largest absolute Gasteiger partial charge is 0.416 e. The Labute approximate surface area is 139 Å². The number of nitrogens with zero attached hydrogens (tertiary/aromatic N) is 2. The van der Waals surface area contributed by atoms with Crippen LogP contribution in [0.4, 0.5) is 13.2 Å². The molecule has 0 aliphatic carbocycles. The van der Waals surface area contributed by atoms with Crippen molar-refractivity contribution in [2.45, 2.75) is 18.8 Å². The number of hydrogen-bond donors (Lipinski definition) is 1. The summed E-state index contributed by atoms with van der Waals surface area (Å²) in [6, 6.07) is 5.29. The Bertz CT molecular complexity index is 677. The molecule has 24 heavy (non-hydrogen) atoms. The fourth-order valence-corrected chi connectivity index (χ4v) is 4.00. The summed E-state index contributed by atoms with van der Waals surface area (Å²) in [5.41, 5.74) is -0.586. The zero-order valence-electron chi connectivity index (χ0n) is 13.5. The molecule has 1 N–H and O–H groups in total. The lowest BCUT2D eigenvalue weighted by Gasteiger charge is -2.19. The molecule has 1 saturated heterocycles. The average Bonchev–Trinajstić information content (AvgIpc) is 2.77. The van der Waals surface area contributed by atoms with Crippen LogP contribution in [-0.2, 0) is 22.7 Å². The molecule has 0 aromatic heterocycles. The predicted molar refractivity (Wildman–Crippen MR) is 83.7 cm³/mol. The van der Waals surface area contributed by atoms with E-state index in [1.807, 2.05) is 0 Å². The third kappa shape index (κ3) is 4.47. The van der Waals surface area contributed by atoms with E-state index in [1.165, 1.54) is 32.3 Å². The summed E-state index contributed by atoms with van der Waals surface area (Å²) in [6.45, 7) is 0.408. The Morgan fingerprint density at radius 2 is 1.88 bits per heavy atom. The van der Waals surface area contributed by atoms with Crippen LogP contribution >= 0.6 is 0 Å². The lowest BCUT2D eigenvalue weighted by Crippen LogP contribution is -2.33. The molecule has 136 valence electrons. The molecule has 0 spiro atoms. The first-order valence-electron chi connectivity index (χ1n) is 7.46. The van der Waals surface area contributed by atoms with Gasteiger partial charge in [0, 0.05) is 39.6 Å². The van der Waals surface area contributed by atoms with Crippen molar-refractivity contribution >= 4 is 10.0 Å². The number of β-amino-alcohol motifs (C(OH)–C–C–N with tert-alkyl or cyclic N) is 1. The normalized spacial score (nSPS) is 23.1. The maximum atomic E-state index is 13.0. The SMILES string of the molecule is CN(C)S(=O)(=O)C[C@@H]1CN(Cc2ccccc2C(F)(F)F)C[C@H]1O. The van der Waals surface area contributed by atoms with Crippen LogP contribution in [0.25, 0.3) is 0 Å². The number of halogens is 3. The summed E-state index contributed by atoms with van der Waals surface area (Å²) >= 11 is 0. The summed E-state index contributed by atoms with van der Waals surface area (Å²) in [6.07, 6.45) is -5.32. The maximum Gasteiger partial charge on any atom is 0.416 e. The van der Waals surface area contributed by atoms with Crippen molar-refractivity contribution in [2.75, 3.05) is 32.9 Å². The number of likely N-dealkylation sites (tertiary alicyclic amines) is 1. The van der Waals surface area contributed by atoms with E-state index >= 15 is 0 Å². The molecule has 9 heteroatoms.